The van der Waals surface area contributed by atoms with E-state index in [2.05, 4.69) is 5.10 Å². The zero-order chi connectivity index (χ0) is 21.0. The Hall–Kier alpha value is -3.41. The van der Waals surface area contributed by atoms with Crippen LogP contribution in [0, 0.1) is 20.8 Å². The summed E-state index contributed by atoms with van der Waals surface area (Å²) in [6.45, 7) is 7.98. The average molecular weight is 392 g/mol. The molecule has 0 N–H and O–H groups in total. The van der Waals surface area contributed by atoms with Crippen LogP contribution in [0.15, 0.2) is 53.3 Å². The lowest BCUT2D eigenvalue weighted by atomic mass is 10.1. The van der Waals surface area contributed by atoms with Crippen LogP contribution in [0.25, 0.3) is 5.69 Å². The zero-order valence-corrected chi connectivity index (χ0v) is 17.1. The number of nitrogens with zero attached hydrogens (tertiary/aromatic N) is 2. The molecule has 0 radical (unpaired) electrons. The SMILES string of the molecule is CCOC(=O)c1nn(-c2ccccc2C)c(=O)cc1OCc1cc(C)ccc1C. The van der Waals surface area contributed by atoms with E-state index in [-0.39, 0.29) is 30.2 Å². The molecule has 0 amide bonds. The van der Waals surface area contributed by atoms with Crippen LogP contribution in [0.3, 0.4) is 0 Å². The van der Waals surface area contributed by atoms with E-state index < -0.39 is 5.97 Å². The maximum absolute atomic E-state index is 12.7. The summed E-state index contributed by atoms with van der Waals surface area (Å²) in [5.74, 6) is -0.523. The Kier molecular flexibility index (Phi) is 6.12. The highest BCUT2D eigenvalue weighted by molar-refractivity contribution is 5.90. The number of esters is 1. The third-order valence-electron chi connectivity index (χ3n) is 4.60. The van der Waals surface area contributed by atoms with Gasteiger partial charge in [0.2, 0.25) is 5.69 Å². The van der Waals surface area contributed by atoms with Crippen molar-refractivity contribution in [1.82, 2.24) is 9.78 Å². The van der Waals surface area contributed by atoms with Crippen molar-refractivity contribution >= 4 is 5.97 Å². The van der Waals surface area contributed by atoms with Gasteiger partial charge in [-0.3, -0.25) is 4.79 Å². The van der Waals surface area contributed by atoms with E-state index in [0.717, 1.165) is 22.3 Å². The summed E-state index contributed by atoms with van der Waals surface area (Å²) in [5, 5.41) is 4.28. The molecule has 2 aromatic carbocycles. The minimum Gasteiger partial charge on any atom is -0.486 e. The summed E-state index contributed by atoms with van der Waals surface area (Å²) in [5.41, 5.74) is 4.19. The highest BCUT2D eigenvalue weighted by atomic mass is 16.5. The third-order valence-corrected chi connectivity index (χ3v) is 4.60. The molecule has 0 atom stereocenters. The molecule has 0 spiro atoms. The van der Waals surface area contributed by atoms with Crippen molar-refractivity contribution < 1.29 is 14.3 Å². The second kappa shape index (κ2) is 8.73. The Morgan fingerprint density at radius 1 is 1.03 bits per heavy atom. The first-order valence-corrected chi connectivity index (χ1v) is 9.47. The number of aromatic nitrogens is 2. The van der Waals surface area contributed by atoms with Gasteiger partial charge in [0, 0.05) is 0 Å². The van der Waals surface area contributed by atoms with E-state index in [9.17, 15) is 9.59 Å². The van der Waals surface area contributed by atoms with E-state index in [0.29, 0.717) is 5.69 Å². The van der Waals surface area contributed by atoms with Gasteiger partial charge in [0.25, 0.3) is 5.56 Å². The van der Waals surface area contributed by atoms with Gasteiger partial charge in [0.05, 0.1) is 18.4 Å². The smallest absolute Gasteiger partial charge is 0.362 e. The summed E-state index contributed by atoms with van der Waals surface area (Å²) in [7, 11) is 0. The fourth-order valence-electron chi connectivity index (χ4n) is 2.98. The van der Waals surface area contributed by atoms with E-state index >= 15 is 0 Å². The molecule has 150 valence electrons. The largest absolute Gasteiger partial charge is 0.486 e. The molecule has 3 aromatic rings. The van der Waals surface area contributed by atoms with Crippen molar-refractivity contribution in [2.45, 2.75) is 34.3 Å². The number of rotatable bonds is 6. The predicted molar refractivity (Wildman–Crippen MR) is 111 cm³/mol. The van der Waals surface area contributed by atoms with E-state index in [4.69, 9.17) is 9.47 Å². The van der Waals surface area contributed by atoms with E-state index in [1.54, 1.807) is 13.0 Å². The fraction of sp³-hybridized carbons (Fsp3) is 0.261. The highest BCUT2D eigenvalue weighted by Crippen LogP contribution is 2.20. The number of hydrogen-bond donors (Lipinski definition) is 0. The molecule has 0 saturated heterocycles. The molecule has 0 aliphatic heterocycles. The summed E-state index contributed by atoms with van der Waals surface area (Å²) in [6.07, 6.45) is 0. The lowest BCUT2D eigenvalue weighted by Crippen LogP contribution is -2.25. The number of aryl methyl sites for hydroxylation is 3. The molecule has 0 fully saturated rings. The first-order valence-electron chi connectivity index (χ1n) is 9.47. The Morgan fingerprint density at radius 2 is 1.79 bits per heavy atom. The molecule has 6 heteroatoms. The average Bonchev–Trinajstić information content (AvgIpc) is 2.69. The van der Waals surface area contributed by atoms with E-state index in [1.807, 2.05) is 57.2 Å². The monoisotopic (exact) mass is 392 g/mol. The number of hydrogen-bond acceptors (Lipinski definition) is 5. The molecule has 29 heavy (non-hydrogen) atoms. The zero-order valence-electron chi connectivity index (χ0n) is 17.1. The van der Waals surface area contributed by atoms with Gasteiger partial charge < -0.3 is 9.47 Å². The second-order valence-electron chi connectivity index (χ2n) is 6.83. The van der Waals surface area contributed by atoms with Crippen LogP contribution in [0.1, 0.15) is 39.7 Å². The van der Waals surface area contributed by atoms with Gasteiger partial charge in [-0.25, -0.2) is 4.79 Å². The minimum atomic E-state index is -0.634. The molecule has 0 aliphatic rings. The molecule has 3 rings (SSSR count). The van der Waals surface area contributed by atoms with Gasteiger partial charge in [-0.15, -0.1) is 0 Å². The van der Waals surface area contributed by atoms with Crippen molar-refractivity contribution in [3.05, 3.63) is 86.8 Å². The first-order chi connectivity index (χ1) is 13.9. The van der Waals surface area contributed by atoms with Gasteiger partial charge in [-0.05, 0) is 50.5 Å². The molecule has 1 heterocycles. The van der Waals surface area contributed by atoms with Gasteiger partial charge >= 0.3 is 5.97 Å². The number of ether oxygens (including phenoxy) is 2. The Bertz CT molecular complexity index is 1100. The molecule has 0 bridgehead atoms. The maximum Gasteiger partial charge on any atom is 0.362 e. The number of para-hydroxylation sites is 1. The van der Waals surface area contributed by atoms with Crippen LogP contribution < -0.4 is 10.3 Å². The molecule has 0 aliphatic carbocycles. The molecule has 1 aromatic heterocycles. The van der Waals surface area contributed by atoms with Crippen molar-refractivity contribution in [3.63, 3.8) is 0 Å². The minimum absolute atomic E-state index is 0.0278. The van der Waals surface area contributed by atoms with Crippen LogP contribution in [-0.2, 0) is 11.3 Å². The summed E-state index contributed by atoms with van der Waals surface area (Å²) in [4.78, 5) is 25.2. The molecule has 0 unspecified atom stereocenters. The second-order valence-corrected chi connectivity index (χ2v) is 6.83. The maximum atomic E-state index is 12.7. The van der Waals surface area contributed by atoms with Gasteiger partial charge in [-0.1, -0.05) is 42.0 Å². The molecule has 6 nitrogen and oxygen atoms in total. The highest BCUT2D eigenvalue weighted by Gasteiger charge is 2.20. The molecule has 0 saturated carbocycles. The number of carbonyl (C=O) groups is 1. The van der Waals surface area contributed by atoms with Crippen molar-refractivity contribution in [3.8, 4) is 11.4 Å². The normalized spacial score (nSPS) is 10.6. The van der Waals surface area contributed by atoms with Crippen molar-refractivity contribution in [2.24, 2.45) is 0 Å². The first kappa shape index (κ1) is 20.3. The fourth-order valence-corrected chi connectivity index (χ4v) is 2.98. The summed E-state index contributed by atoms with van der Waals surface area (Å²) >= 11 is 0. The Morgan fingerprint density at radius 3 is 2.52 bits per heavy atom. The lowest BCUT2D eigenvalue weighted by Gasteiger charge is -2.14. The predicted octanol–water partition coefficient (Wildman–Crippen LogP) is 3.91. The summed E-state index contributed by atoms with van der Waals surface area (Å²) < 4.78 is 12.2. The Labute approximate surface area is 169 Å². The van der Waals surface area contributed by atoms with Crippen LogP contribution in [0.2, 0.25) is 0 Å². The van der Waals surface area contributed by atoms with Crippen molar-refractivity contribution in [2.75, 3.05) is 6.61 Å². The number of benzene rings is 2. The van der Waals surface area contributed by atoms with Gasteiger partial charge in [0.1, 0.15) is 6.61 Å². The Balaban J connectivity index is 2.03. The standard InChI is InChI=1S/C23H24N2O4/c1-5-28-23(27)22-20(29-14-18-12-15(2)10-11-16(18)3)13-21(26)25(24-22)19-9-7-6-8-17(19)4/h6-13H,5,14H2,1-4H3. The van der Waals surface area contributed by atoms with E-state index in [1.165, 1.54) is 10.7 Å². The molecular weight excluding hydrogens is 368 g/mol. The van der Waals surface area contributed by atoms with Crippen LogP contribution >= 0.6 is 0 Å². The van der Waals surface area contributed by atoms with Crippen molar-refractivity contribution in [1.29, 1.82) is 0 Å². The summed E-state index contributed by atoms with van der Waals surface area (Å²) in [6, 6.07) is 14.7. The van der Waals surface area contributed by atoms with Gasteiger partial charge in [-0.2, -0.15) is 9.78 Å². The topological polar surface area (TPSA) is 70.4 Å². The molecular formula is C23H24N2O4. The quantitative estimate of drug-likeness (QED) is 0.595. The number of carbonyl (C=O) groups excluding carboxylic acids is 1. The van der Waals surface area contributed by atoms with Crippen LogP contribution in [0.5, 0.6) is 5.75 Å². The van der Waals surface area contributed by atoms with Crippen LogP contribution in [-0.4, -0.2) is 22.4 Å². The van der Waals surface area contributed by atoms with Gasteiger partial charge in [0.15, 0.2) is 5.75 Å². The third kappa shape index (κ3) is 4.54. The lowest BCUT2D eigenvalue weighted by molar-refractivity contribution is 0.0511. The van der Waals surface area contributed by atoms with Crippen LogP contribution in [0.4, 0.5) is 0 Å².